The predicted octanol–water partition coefficient (Wildman–Crippen LogP) is 2.81. The number of piperazine rings is 1. The van der Waals surface area contributed by atoms with Gasteiger partial charge in [0.05, 0.1) is 16.6 Å². The summed E-state index contributed by atoms with van der Waals surface area (Å²) in [7, 11) is -3.60. The zero-order chi connectivity index (χ0) is 20.3. The van der Waals surface area contributed by atoms with E-state index in [-0.39, 0.29) is 29.6 Å². The van der Waals surface area contributed by atoms with Crippen LogP contribution in [0.4, 0.5) is 10.1 Å². The molecule has 6 nitrogen and oxygen atoms in total. The molecule has 1 N–H and O–H groups in total. The fourth-order valence-corrected chi connectivity index (χ4v) is 4.60. The molecule has 0 radical (unpaired) electrons. The number of nitrogens with zero attached hydrogens (tertiary/aromatic N) is 2. The number of carbonyl (C=O) groups excluding carboxylic acids is 1. The van der Waals surface area contributed by atoms with Crippen LogP contribution >= 0.6 is 11.6 Å². The molecule has 1 aliphatic heterocycles. The second-order valence-corrected chi connectivity index (χ2v) is 8.91. The lowest BCUT2D eigenvalue weighted by atomic mass is 10.2. The standard InChI is InChI=1S/C19H21ClFN3O3S/c1-14(19(25)22-18-5-3-2-4-17(18)21)23-10-12-24(13-11-23)28(26,27)16-8-6-15(20)7-9-16/h2-9,14H,10-13H2,1H3,(H,22,25). The SMILES string of the molecule is CC(C(=O)Nc1ccccc1F)N1CCN(S(=O)(=O)c2ccc(Cl)cc2)CC1. The molecular weight excluding hydrogens is 405 g/mol. The summed E-state index contributed by atoms with van der Waals surface area (Å²) < 4.78 is 40.6. The number of carbonyl (C=O) groups is 1. The number of sulfonamides is 1. The van der Waals surface area contributed by atoms with Gasteiger partial charge in [-0.3, -0.25) is 9.69 Å². The Morgan fingerprint density at radius 1 is 1.07 bits per heavy atom. The second-order valence-electron chi connectivity index (χ2n) is 6.54. The van der Waals surface area contributed by atoms with Gasteiger partial charge < -0.3 is 5.32 Å². The van der Waals surface area contributed by atoms with Crippen molar-refractivity contribution in [2.75, 3.05) is 31.5 Å². The molecule has 28 heavy (non-hydrogen) atoms. The quantitative estimate of drug-likeness (QED) is 0.799. The summed E-state index contributed by atoms with van der Waals surface area (Å²) >= 11 is 5.82. The van der Waals surface area contributed by atoms with Crippen molar-refractivity contribution in [1.29, 1.82) is 0 Å². The molecule has 0 bridgehead atoms. The van der Waals surface area contributed by atoms with Gasteiger partial charge in [0, 0.05) is 31.2 Å². The van der Waals surface area contributed by atoms with Crippen LogP contribution in [0.1, 0.15) is 6.92 Å². The maximum absolute atomic E-state index is 13.7. The van der Waals surface area contributed by atoms with Gasteiger partial charge in [-0.25, -0.2) is 12.8 Å². The molecule has 1 atom stereocenters. The van der Waals surface area contributed by atoms with E-state index in [9.17, 15) is 17.6 Å². The highest BCUT2D eigenvalue weighted by atomic mass is 35.5. The summed E-state index contributed by atoms with van der Waals surface area (Å²) in [6.07, 6.45) is 0. The van der Waals surface area contributed by atoms with Crippen molar-refractivity contribution >= 4 is 33.2 Å². The van der Waals surface area contributed by atoms with Crippen molar-refractivity contribution in [3.05, 3.63) is 59.4 Å². The molecular formula is C19H21ClFN3O3S. The first kappa shape index (κ1) is 20.7. The van der Waals surface area contributed by atoms with Gasteiger partial charge >= 0.3 is 0 Å². The third-order valence-electron chi connectivity index (χ3n) is 4.78. The maximum atomic E-state index is 13.7. The van der Waals surface area contributed by atoms with Crippen LogP contribution in [0, 0.1) is 5.82 Å². The lowest BCUT2D eigenvalue weighted by Crippen LogP contribution is -2.53. The zero-order valence-electron chi connectivity index (χ0n) is 15.3. The molecule has 0 saturated carbocycles. The first-order valence-corrected chi connectivity index (χ1v) is 10.7. The highest BCUT2D eigenvalue weighted by Crippen LogP contribution is 2.21. The molecule has 1 heterocycles. The van der Waals surface area contributed by atoms with Gasteiger partial charge in [0.1, 0.15) is 5.82 Å². The summed E-state index contributed by atoms with van der Waals surface area (Å²) in [4.78, 5) is 14.5. The third-order valence-corrected chi connectivity index (χ3v) is 6.95. The molecule has 2 aromatic rings. The number of hydrogen-bond acceptors (Lipinski definition) is 4. The van der Waals surface area contributed by atoms with Gasteiger partial charge in [-0.1, -0.05) is 23.7 Å². The van der Waals surface area contributed by atoms with Gasteiger partial charge in [-0.2, -0.15) is 4.31 Å². The average Bonchev–Trinajstić information content (AvgIpc) is 2.69. The fourth-order valence-electron chi connectivity index (χ4n) is 3.05. The largest absolute Gasteiger partial charge is 0.322 e. The van der Waals surface area contributed by atoms with Crippen molar-refractivity contribution in [3.8, 4) is 0 Å². The monoisotopic (exact) mass is 425 g/mol. The molecule has 0 spiro atoms. The van der Waals surface area contributed by atoms with E-state index in [0.29, 0.717) is 18.1 Å². The Morgan fingerprint density at radius 3 is 2.29 bits per heavy atom. The molecule has 3 rings (SSSR count). The number of amides is 1. The van der Waals surface area contributed by atoms with E-state index in [2.05, 4.69) is 5.32 Å². The van der Waals surface area contributed by atoms with Gasteiger partial charge in [0.15, 0.2) is 0 Å². The highest BCUT2D eigenvalue weighted by Gasteiger charge is 2.31. The lowest BCUT2D eigenvalue weighted by molar-refractivity contribution is -0.121. The summed E-state index contributed by atoms with van der Waals surface area (Å²) in [6, 6.07) is 11.5. The molecule has 1 amide bonds. The van der Waals surface area contributed by atoms with Gasteiger partial charge in [-0.05, 0) is 43.3 Å². The number of halogens is 2. The van der Waals surface area contributed by atoms with Crippen molar-refractivity contribution in [1.82, 2.24) is 9.21 Å². The minimum Gasteiger partial charge on any atom is -0.322 e. The number of anilines is 1. The second kappa shape index (κ2) is 8.57. The van der Waals surface area contributed by atoms with E-state index in [1.807, 2.05) is 4.90 Å². The first-order valence-electron chi connectivity index (χ1n) is 8.84. The maximum Gasteiger partial charge on any atom is 0.243 e. The van der Waals surface area contributed by atoms with E-state index >= 15 is 0 Å². The van der Waals surface area contributed by atoms with Crippen LogP contribution in [-0.4, -0.2) is 55.8 Å². The Hall–Kier alpha value is -2.00. The van der Waals surface area contributed by atoms with Crippen molar-refractivity contribution < 1.29 is 17.6 Å². The molecule has 150 valence electrons. The van der Waals surface area contributed by atoms with Crippen molar-refractivity contribution in [2.24, 2.45) is 0 Å². The van der Waals surface area contributed by atoms with Crippen LogP contribution < -0.4 is 5.32 Å². The number of nitrogens with one attached hydrogen (secondary N) is 1. The minimum absolute atomic E-state index is 0.128. The molecule has 0 aromatic heterocycles. The number of benzene rings is 2. The molecule has 2 aromatic carbocycles. The van der Waals surface area contributed by atoms with E-state index < -0.39 is 21.9 Å². The molecule has 0 aliphatic carbocycles. The average molecular weight is 426 g/mol. The van der Waals surface area contributed by atoms with Crippen molar-refractivity contribution in [3.63, 3.8) is 0 Å². The van der Waals surface area contributed by atoms with Crippen LogP contribution in [0.15, 0.2) is 53.4 Å². The normalized spacial score (nSPS) is 17.2. The van der Waals surface area contributed by atoms with E-state index in [1.165, 1.54) is 28.6 Å². The lowest BCUT2D eigenvalue weighted by Gasteiger charge is -2.36. The van der Waals surface area contributed by atoms with E-state index in [1.54, 1.807) is 31.2 Å². The molecule has 9 heteroatoms. The Kier molecular flexibility index (Phi) is 6.34. The molecule has 1 fully saturated rings. The van der Waals surface area contributed by atoms with Gasteiger partial charge in [0.2, 0.25) is 15.9 Å². The topological polar surface area (TPSA) is 69.7 Å². The summed E-state index contributed by atoms with van der Waals surface area (Å²) in [6.45, 7) is 3.06. The summed E-state index contributed by atoms with van der Waals surface area (Å²) in [5.74, 6) is -0.832. The van der Waals surface area contributed by atoms with Crippen LogP contribution in [0.5, 0.6) is 0 Å². The summed E-state index contributed by atoms with van der Waals surface area (Å²) in [5.41, 5.74) is 0.128. The molecule has 1 unspecified atom stereocenters. The number of hydrogen-bond donors (Lipinski definition) is 1. The predicted molar refractivity (Wildman–Crippen MR) is 106 cm³/mol. The smallest absolute Gasteiger partial charge is 0.243 e. The van der Waals surface area contributed by atoms with Crippen LogP contribution in [0.2, 0.25) is 5.02 Å². The molecule has 1 saturated heterocycles. The van der Waals surface area contributed by atoms with E-state index in [4.69, 9.17) is 11.6 Å². The van der Waals surface area contributed by atoms with Crippen molar-refractivity contribution in [2.45, 2.75) is 17.9 Å². The van der Waals surface area contributed by atoms with Crippen LogP contribution in [0.3, 0.4) is 0 Å². The Balaban J connectivity index is 1.60. The highest BCUT2D eigenvalue weighted by molar-refractivity contribution is 7.89. The van der Waals surface area contributed by atoms with E-state index in [0.717, 1.165) is 0 Å². The fraction of sp³-hybridized carbons (Fsp3) is 0.316. The Labute approximate surface area is 168 Å². The summed E-state index contributed by atoms with van der Waals surface area (Å²) in [5, 5.41) is 3.05. The Morgan fingerprint density at radius 2 is 1.68 bits per heavy atom. The zero-order valence-corrected chi connectivity index (χ0v) is 16.9. The third kappa shape index (κ3) is 4.52. The first-order chi connectivity index (χ1) is 13.3. The van der Waals surface area contributed by atoms with Crippen LogP contribution in [0.25, 0.3) is 0 Å². The molecule has 1 aliphatic rings. The number of rotatable bonds is 5. The van der Waals surface area contributed by atoms with Gasteiger partial charge in [0.25, 0.3) is 0 Å². The van der Waals surface area contributed by atoms with Crippen LogP contribution in [-0.2, 0) is 14.8 Å². The minimum atomic E-state index is -3.60. The number of para-hydroxylation sites is 1. The Bertz CT molecular complexity index is 945. The van der Waals surface area contributed by atoms with Gasteiger partial charge in [-0.15, -0.1) is 0 Å².